The van der Waals surface area contributed by atoms with Crippen molar-refractivity contribution in [2.75, 3.05) is 5.32 Å². The fourth-order valence-electron chi connectivity index (χ4n) is 2.65. The molecule has 0 aliphatic heterocycles. The summed E-state index contributed by atoms with van der Waals surface area (Å²) >= 11 is 5.72. The summed E-state index contributed by atoms with van der Waals surface area (Å²) in [4.78, 5) is 0. The Bertz CT molecular complexity index is 1020. The molecule has 25 heavy (non-hydrogen) atoms. The lowest BCUT2D eigenvalue weighted by molar-refractivity contribution is 0.860. The van der Waals surface area contributed by atoms with Gasteiger partial charge < -0.3 is 5.32 Å². The van der Waals surface area contributed by atoms with E-state index in [1.165, 1.54) is 0 Å². The highest BCUT2D eigenvalue weighted by molar-refractivity contribution is 7.71. The molecule has 122 valence electrons. The lowest BCUT2D eigenvalue weighted by Crippen LogP contribution is -2.01. The summed E-state index contributed by atoms with van der Waals surface area (Å²) in [6.07, 6.45) is 0. The van der Waals surface area contributed by atoms with E-state index in [0.717, 1.165) is 17.1 Å². The Morgan fingerprint density at radius 2 is 1.20 bits per heavy atom. The van der Waals surface area contributed by atoms with Crippen LogP contribution < -0.4 is 5.32 Å². The van der Waals surface area contributed by atoms with Crippen molar-refractivity contribution in [3.8, 4) is 11.4 Å². The van der Waals surface area contributed by atoms with E-state index in [2.05, 4.69) is 5.32 Å². The molecular weight excluding hydrogens is 328 g/mol. The standard InChI is InChI=1S/C20H16N4S/c25-20-23(17-12-6-2-7-13-17)19(21-16-10-4-1-5-11-16)22-24(20)18-14-8-3-9-15-18/h1-15H,(H,21,22). The minimum Gasteiger partial charge on any atom is -0.324 e. The molecule has 0 atom stereocenters. The van der Waals surface area contributed by atoms with Gasteiger partial charge in [0, 0.05) is 5.69 Å². The van der Waals surface area contributed by atoms with Crippen molar-refractivity contribution in [1.29, 1.82) is 0 Å². The summed E-state index contributed by atoms with van der Waals surface area (Å²) < 4.78 is 4.32. The highest BCUT2D eigenvalue weighted by atomic mass is 32.1. The van der Waals surface area contributed by atoms with Crippen molar-refractivity contribution >= 4 is 23.9 Å². The van der Waals surface area contributed by atoms with Gasteiger partial charge in [-0.25, -0.2) is 4.68 Å². The summed E-state index contributed by atoms with van der Waals surface area (Å²) in [5.41, 5.74) is 2.85. The molecule has 5 heteroatoms. The Morgan fingerprint density at radius 3 is 1.80 bits per heavy atom. The SMILES string of the molecule is S=c1n(-c2ccccc2)nc(Nc2ccccc2)n1-c1ccccc1. The molecule has 0 aliphatic rings. The van der Waals surface area contributed by atoms with Crippen LogP contribution in [-0.4, -0.2) is 14.3 Å². The van der Waals surface area contributed by atoms with Gasteiger partial charge in [0.1, 0.15) is 0 Å². The van der Waals surface area contributed by atoms with Crippen molar-refractivity contribution in [3.05, 3.63) is 95.8 Å². The van der Waals surface area contributed by atoms with Crippen LogP contribution in [-0.2, 0) is 0 Å². The molecule has 1 heterocycles. The van der Waals surface area contributed by atoms with Gasteiger partial charge in [-0.2, -0.15) is 0 Å². The zero-order valence-electron chi connectivity index (χ0n) is 13.4. The number of para-hydroxylation sites is 3. The molecular formula is C20H16N4S. The lowest BCUT2D eigenvalue weighted by Gasteiger charge is -2.08. The Hall–Kier alpha value is -3.18. The van der Waals surface area contributed by atoms with Crippen LogP contribution in [0.5, 0.6) is 0 Å². The Kier molecular flexibility index (Phi) is 4.14. The van der Waals surface area contributed by atoms with Gasteiger partial charge in [-0.1, -0.05) is 54.6 Å². The molecule has 1 aromatic heterocycles. The predicted octanol–water partition coefficient (Wildman–Crippen LogP) is 5.14. The second-order valence-corrected chi connectivity index (χ2v) is 5.88. The summed E-state index contributed by atoms with van der Waals surface area (Å²) in [6.45, 7) is 0. The van der Waals surface area contributed by atoms with Crippen LogP contribution in [0.25, 0.3) is 11.4 Å². The molecule has 1 N–H and O–H groups in total. The third kappa shape index (κ3) is 3.09. The zero-order valence-corrected chi connectivity index (χ0v) is 14.2. The van der Waals surface area contributed by atoms with Crippen LogP contribution in [0.1, 0.15) is 0 Å². The van der Waals surface area contributed by atoms with E-state index in [9.17, 15) is 0 Å². The van der Waals surface area contributed by atoms with Gasteiger partial charge in [-0.05, 0) is 48.6 Å². The number of hydrogen-bond acceptors (Lipinski definition) is 3. The average Bonchev–Trinajstić information content (AvgIpc) is 3.00. The first-order valence-electron chi connectivity index (χ1n) is 7.98. The average molecular weight is 344 g/mol. The van der Waals surface area contributed by atoms with E-state index in [1.54, 1.807) is 4.68 Å². The van der Waals surface area contributed by atoms with Gasteiger partial charge >= 0.3 is 0 Å². The van der Waals surface area contributed by atoms with Gasteiger partial charge in [0.25, 0.3) is 0 Å². The van der Waals surface area contributed by atoms with Crippen molar-refractivity contribution in [2.45, 2.75) is 0 Å². The molecule has 0 fully saturated rings. The third-order valence-corrected chi connectivity index (χ3v) is 4.18. The van der Waals surface area contributed by atoms with Gasteiger partial charge in [0.2, 0.25) is 10.7 Å². The molecule has 0 saturated carbocycles. The first-order valence-corrected chi connectivity index (χ1v) is 8.39. The maximum Gasteiger partial charge on any atom is 0.232 e. The number of aromatic nitrogens is 3. The summed E-state index contributed by atoms with van der Waals surface area (Å²) in [5.74, 6) is 0.672. The van der Waals surface area contributed by atoms with Crippen LogP contribution in [0.2, 0.25) is 0 Å². The molecule has 3 aromatic carbocycles. The van der Waals surface area contributed by atoms with E-state index in [-0.39, 0.29) is 0 Å². The van der Waals surface area contributed by atoms with Crippen LogP contribution >= 0.6 is 12.2 Å². The summed E-state index contributed by atoms with van der Waals surface area (Å²) in [7, 11) is 0. The molecule has 0 radical (unpaired) electrons. The van der Waals surface area contributed by atoms with Crippen molar-refractivity contribution in [3.63, 3.8) is 0 Å². The van der Waals surface area contributed by atoms with E-state index < -0.39 is 0 Å². The van der Waals surface area contributed by atoms with E-state index in [0.29, 0.717) is 10.7 Å². The minimum atomic E-state index is 0.607. The van der Waals surface area contributed by atoms with Crippen molar-refractivity contribution in [1.82, 2.24) is 14.3 Å². The van der Waals surface area contributed by atoms with Gasteiger partial charge in [-0.15, -0.1) is 5.10 Å². The predicted molar refractivity (Wildman–Crippen MR) is 103 cm³/mol. The number of benzene rings is 3. The highest BCUT2D eigenvalue weighted by Gasteiger charge is 2.13. The van der Waals surface area contributed by atoms with E-state index in [1.807, 2.05) is 95.6 Å². The smallest absolute Gasteiger partial charge is 0.232 e. The van der Waals surface area contributed by atoms with Crippen molar-refractivity contribution in [2.24, 2.45) is 0 Å². The van der Waals surface area contributed by atoms with Gasteiger partial charge in [0.05, 0.1) is 11.4 Å². The monoisotopic (exact) mass is 344 g/mol. The van der Waals surface area contributed by atoms with Crippen LogP contribution in [0.4, 0.5) is 11.6 Å². The molecule has 4 aromatic rings. The second-order valence-electron chi connectivity index (χ2n) is 5.52. The molecule has 0 saturated heterocycles. The number of nitrogens with one attached hydrogen (secondary N) is 1. The maximum atomic E-state index is 5.72. The summed E-state index contributed by atoms with van der Waals surface area (Å²) in [6, 6.07) is 29.9. The minimum absolute atomic E-state index is 0.607. The van der Waals surface area contributed by atoms with Crippen LogP contribution in [0, 0.1) is 4.77 Å². The lowest BCUT2D eigenvalue weighted by atomic mass is 10.3. The Labute approximate surface area is 151 Å². The highest BCUT2D eigenvalue weighted by Crippen LogP contribution is 2.22. The Balaban J connectivity index is 1.88. The largest absolute Gasteiger partial charge is 0.324 e. The zero-order chi connectivity index (χ0) is 17.1. The van der Waals surface area contributed by atoms with Crippen LogP contribution in [0.15, 0.2) is 91.0 Å². The molecule has 0 aliphatic carbocycles. The van der Waals surface area contributed by atoms with E-state index in [4.69, 9.17) is 17.3 Å². The van der Waals surface area contributed by atoms with Crippen LogP contribution in [0.3, 0.4) is 0 Å². The number of anilines is 2. The van der Waals surface area contributed by atoms with Gasteiger partial charge in [-0.3, -0.25) is 4.57 Å². The normalized spacial score (nSPS) is 10.6. The first-order chi connectivity index (χ1) is 12.3. The van der Waals surface area contributed by atoms with Gasteiger partial charge in [0.15, 0.2) is 0 Å². The third-order valence-electron chi connectivity index (χ3n) is 3.82. The number of rotatable bonds is 4. The molecule has 4 rings (SSSR count). The molecule has 0 unspecified atom stereocenters. The maximum absolute atomic E-state index is 5.72. The number of nitrogens with zero attached hydrogens (tertiary/aromatic N) is 3. The second kappa shape index (κ2) is 6.75. The molecule has 0 spiro atoms. The van der Waals surface area contributed by atoms with Crippen molar-refractivity contribution < 1.29 is 0 Å². The molecule has 4 nitrogen and oxygen atoms in total. The topological polar surface area (TPSA) is 34.8 Å². The molecule has 0 amide bonds. The fraction of sp³-hybridized carbons (Fsp3) is 0. The quantitative estimate of drug-likeness (QED) is 0.521. The number of hydrogen-bond donors (Lipinski definition) is 1. The van der Waals surface area contributed by atoms with E-state index >= 15 is 0 Å². The first kappa shape index (κ1) is 15.4. The molecule has 0 bridgehead atoms. The Morgan fingerprint density at radius 1 is 0.680 bits per heavy atom. The summed E-state index contributed by atoms with van der Waals surface area (Å²) in [5, 5.41) is 8.08. The fourth-order valence-corrected chi connectivity index (χ4v) is 2.98.